The first-order valence-electron chi connectivity index (χ1n) is 6.39. The number of nitrogens with zero attached hydrogens (tertiary/aromatic N) is 1. The number of likely N-dealkylation sites (tertiary alicyclic amines) is 1. The van der Waals surface area contributed by atoms with Crippen LogP contribution in [0.2, 0.25) is 5.02 Å². The van der Waals surface area contributed by atoms with Gasteiger partial charge in [-0.1, -0.05) is 23.7 Å². The molecule has 2 rings (SSSR count). The molecule has 0 aromatic heterocycles. The van der Waals surface area contributed by atoms with Crippen molar-refractivity contribution < 1.29 is 19.8 Å². The van der Waals surface area contributed by atoms with Crippen molar-refractivity contribution in [1.29, 1.82) is 0 Å². The highest BCUT2D eigenvalue weighted by Crippen LogP contribution is 2.32. The minimum atomic E-state index is -0.977. The average molecular weight is 298 g/mol. The first kappa shape index (κ1) is 14.8. The molecular weight excluding hydrogens is 282 g/mol. The third-order valence-electron chi connectivity index (χ3n) is 3.47. The lowest BCUT2D eigenvalue weighted by Crippen LogP contribution is -2.32. The molecule has 5 nitrogen and oxygen atoms in total. The molecule has 1 amide bonds. The smallest absolute Gasteiger partial charge is 0.305 e. The van der Waals surface area contributed by atoms with E-state index in [0.717, 1.165) is 0 Å². The highest BCUT2D eigenvalue weighted by atomic mass is 35.5. The van der Waals surface area contributed by atoms with Crippen LogP contribution < -0.4 is 0 Å². The van der Waals surface area contributed by atoms with Crippen molar-refractivity contribution in [1.82, 2.24) is 4.90 Å². The molecular formula is C14H16ClNO4. The summed E-state index contributed by atoms with van der Waals surface area (Å²) in [4.78, 5) is 24.6. The van der Waals surface area contributed by atoms with Crippen molar-refractivity contribution in [2.75, 3.05) is 13.2 Å². The van der Waals surface area contributed by atoms with E-state index in [1.165, 1.54) is 4.90 Å². The highest BCUT2D eigenvalue weighted by molar-refractivity contribution is 6.30. The number of carbonyl (C=O) groups excluding carboxylic acids is 1. The summed E-state index contributed by atoms with van der Waals surface area (Å²) in [7, 11) is 0. The normalized spacial score (nSPS) is 20.2. The molecule has 20 heavy (non-hydrogen) atoms. The number of hydrogen-bond acceptors (Lipinski definition) is 3. The zero-order chi connectivity index (χ0) is 14.7. The first-order chi connectivity index (χ1) is 9.51. The third-order valence-corrected chi connectivity index (χ3v) is 3.71. The van der Waals surface area contributed by atoms with Gasteiger partial charge < -0.3 is 15.1 Å². The van der Waals surface area contributed by atoms with Crippen molar-refractivity contribution in [2.45, 2.75) is 18.9 Å². The van der Waals surface area contributed by atoms with E-state index >= 15 is 0 Å². The Morgan fingerprint density at radius 2 is 2.25 bits per heavy atom. The number of carbonyl (C=O) groups is 2. The minimum absolute atomic E-state index is 0.0718. The molecule has 0 spiro atoms. The minimum Gasteiger partial charge on any atom is -0.481 e. The van der Waals surface area contributed by atoms with Crippen LogP contribution in [-0.2, 0) is 9.59 Å². The van der Waals surface area contributed by atoms with Crippen LogP contribution in [0.15, 0.2) is 24.3 Å². The van der Waals surface area contributed by atoms with Crippen molar-refractivity contribution >= 4 is 23.5 Å². The van der Waals surface area contributed by atoms with Gasteiger partial charge in [-0.15, -0.1) is 0 Å². The summed E-state index contributed by atoms with van der Waals surface area (Å²) in [5.41, 5.74) is 0.701. The number of aliphatic carboxylic acids is 1. The number of amides is 1. The number of benzene rings is 1. The number of carboxylic acid groups (broad SMARTS) is 1. The molecule has 2 atom stereocenters. The molecule has 108 valence electrons. The number of carboxylic acids is 1. The van der Waals surface area contributed by atoms with Gasteiger partial charge in [-0.2, -0.15) is 0 Å². The SMILES string of the molecule is O=C(O)CC(c1cccc(Cl)c1)N1CC(CO)CC1=O. The summed E-state index contributed by atoms with van der Waals surface area (Å²) in [6, 6.07) is 6.32. The average Bonchev–Trinajstić information content (AvgIpc) is 2.77. The van der Waals surface area contributed by atoms with Gasteiger partial charge in [0.15, 0.2) is 0 Å². The number of aliphatic hydroxyl groups excluding tert-OH is 1. The van der Waals surface area contributed by atoms with Gasteiger partial charge in [0, 0.05) is 30.5 Å². The van der Waals surface area contributed by atoms with Crippen LogP contribution in [-0.4, -0.2) is 40.1 Å². The number of aliphatic hydroxyl groups is 1. The third kappa shape index (κ3) is 3.29. The van der Waals surface area contributed by atoms with Gasteiger partial charge in [0.05, 0.1) is 12.5 Å². The second-order valence-electron chi connectivity index (χ2n) is 4.97. The molecule has 0 bridgehead atoms. The van der Waals surface area contributed by atoms with Crippen LogP contribution in [0.4, 0.5) is 0 Å². The van der Waals surface area contributed by atoms with E-state index in [1.54, 1.807) is 24.3 Å². The standard InChI is InChI=1S/C14H16ClNO4/c15-11-3-1-2-10(5-11)12(6-14(19)20)16-7-9(8-17)4-13(16)18/h1-3,5,9,12,17H,4,6-8H2,(H,19,20). The van der Waals surface area contributed by atoms with E-state index < -0.39 is 12.0 Å². The van der Waals surface area contributed by atoms with Gasteiger partial charge in [0.2, 0.25) is 5.91 Å². The fourth-order valence-corrected chi connectivity index (χ4v) is 2.72. The van der Waals surface area contributed by atoms with Crippen LogP contribution >= 0.6 is 11.6 Å². The van der Waals surface area contributed by atoms with Gasteiger partial charge >= 0.3 is 5.97 Å². The van der Waals surface area contributed by atoms with Crippen LogP contribution in [0, 0.1) is 5.92 Å². The number of rotatable bonds is 5. The molecule has 1 aliphatic heterocycles. The van der Waals surface area contributed by atoms with E-state index in [0.29, 0.717) is 17.1 Å². The van der Waals surface area contributed by atoms with E-state index in [9.17, 15) is 9.59 Å². The van der Waals surface area contributed by atoms with E-state index in [1.807, 2.05) is 0 Å². The maximum atomic E-state index is 12.0. The summed E-state index contributed by atoms with van der Waals surface area (Å²) in [6.45, 7) is 0.303. The monoisotopic (exact) mass is 297 g/mol. The maximum Gasteiger partial charge on any atom is 0.305 e. The molecule has 0 aliphatic carbocycles. The van der Waals surface area contributed by atoms with Gasteiger partial charge in [-0.05, 0) is 17.7 Å². The summed E-state index contributed by atoms with van der Waals surface area (Å²) in [6.07, 6.45) is 0.0808. The fraction of sp³-hybridized carbons (Fsp3) is 0.429. The molecule has 1 aromatic carbocycles. The van der Waals surface area contributed by atoms with Crippen LogP contribution in [0.25, 0.3) is 0 Å². The van der Waals surface area contributed by atoms with Crippen LogP contribution in [0.5, 0.6) is 0 Å². The fourth-order valence-electron chi connectivity index (χ4n) is 2.52. The molecule has 0 radical (unpaired) electrons. The van der Waals surface area contributed by atoms with Crippen LogP contribution in [0.3, 0.4) is 0 Å². The Hall–Kier alpha value is -1.59. The van der Waals surface area contributed by atoms with Crippen molar-refractivity contribution in [2.24, 2.45) is 5.92 Å². The van der Waals surface area contributed by atoms with E-state index in [2.05, 4.69) is 0 Å². The zero-order valence-electron chi connectivity index (χ0n) is 10.8. The van der Waals surface area contributed by atoms with Gasteiger partial charge in [-0.25, -0.2) is 0 Å². The second kappa shape index (κ2) is 6.24. The molecule has 1 aliphatic rings. The Balaban J connectivity index is 2.28. The lowest BCUT2D eigenvalue weighted by atomic mass is 10.0. The first-order valence-corrected chi connectivity index (χ1v) is 6.76. The van der Waals surface area contributed by atoms with Crippen LogP contribution in [0.1, 0.15) is 24.4 Å². The Kier molecular flexibility index (Phi) is 4.62. The number of halogens is 1. The van der Waals surface area contributed by atoms with Crippen molar-refractivity contribution in [3.05, 3.63) is 34.9 Å². The maximum absolute atomic E-state index is 12.0. The number of hydrogen-bond donors (Lipinski definition) is 2. The molecule has 2 N–H and O–H groups in total. The van der Waals surface area contributed by atoms with Crippen molar-refractivity contribution in [3.63, 3.8) is 0 Å². The Morgan fingerprint density at radius 1 is 1.50 bits per heavy atom. The molecule has 1 saturated heterocycles. The Labute approximate surface area is 121 Å². The Morgan fingerprint density at radius 3 is 2.80 bits per heavy atom. The molecule has 2 unspecified atom stereocenters. The predicted molar refractivity (Wildman–Crippen MR) is 73.4 cm³/mol. The summed E-state index contributed by atoms with van der Waals surface area (Å²) < 4.78 is 0. The van der Waals surface area contributed by atoms with Gasteiger partial charge in [-0.3, -0.25) is 9.59 Å². The lowest BCUT2D eigenvalue weighted by Gasteiger charge is -2.27. The largest absolute Gasteiger partial charge is 0.481 e. The molecule has 1 aromatic rings. The second-order valence-corrected chi connectivity index (χ2v) is 5.40. The van der Waals surface area contributed by atoms with Gasteiger partial charge in [0.25, 0.3) is 0 Å². The summed E-state index contributed by atoms with van der Waals surface area (Å²) >= 11 is 5.93. The topological polar surface area (TPSA) is 77.8 Å². The van der Waals surface area contributed by atoms with Gasteiger partial charge in [0.1, 0.15) is 0 Å². The quantitative estimate of drug-likeness (QED) is 0.867. The highest BCUT2D eigenvalue weighted by Gasteiger charge is 2.35. The molecule has 1 fully saturated rings. The van der Waals surface area contributed by atoms with E-state index in [4.69, 9.17) is 21.8 Å². The molecule has 0 saturated carbocycles. The molecule has 1 heterocycles. The lowest BCUT2D eigenvalue weighted by molar-refractivity contribution is -0.139. The van der Waals surface area contributed by atoms with E-state index in [-0.39, 0.29) is 31.3 Å². The summed E-state index contributed by atoms with van der Waals surface area (Å²) in [5.74, 6) is -1.23. The predicted octanol–water partition coefficient (Wildman–Crippen LogP) is 1.70. The Bertz CT molecular complexity index is 520. The molecule has 6 heteroatoms. The summed E-state index contributed by atoms with van der Waals surface area (Å²) in [5, 5.41) is 18.7. The van der Waals surface area contributed by atoms with Crippen molar-refractivity contribution in [3.8, 4) is 0 Å². The zero-order valence-corrected chi connectivity index (χ0v) is 11.6.